The molecule has 0 spiro atoms. The molecular formula is C12H22N2O3. The average Bonchev–Trinajstić information content (AvgIpc) is 2.28. The fourth-order valence-corrected chi connectivity index (χ4v) is 2.31. The van der Waals surface area contributed by atoms with Crippen LogP contribution in [-0.4, -0.2) is 48.6 Å². The van der Waals surface area contributed by atoms with E-state index in [-0.39, 0.29) is 17.7 Å². The maximum Gasteiger partial charge on any atom is 0.306 e. The van der Waals surface area contributed by atoms with Crippen LogP contribution in [-0.2, 0) is 9.59 Å². The van der Waals surface area contributed by atoms with E-state index in [0.29, 0.717) is 25.9 Å². The third-order valence-electron chi connectivity index (χ3n) is 3.39. The lowest BCUT2D eigenvalue weighted by molar-refractivity contribution is -0.148. The molecule has 0 radical (unpaired) electrons. The summed E-state index contributed by atoms with van der Waals surface area (Å²) in [6.07, 6.45) is 1.96. The lowest BCUT2D eigenvalue weighted by atomic mass is 9.87. The number of nitrogens with zero attached hydrogens (tertiary/aromatic N) is 1. The van der Waals surface area contributed by atoms with Gasteiger partial charge in [-0.3, -0.25) is 9.59 Å². The predicted molar refractivity (Wildman–Crippen MR) is 64.6 cm³/mol. The second kappa shape index (κ2) is 6.59. The summed E-state index contributed by atoms with van der Waals surface area (Å²) in [6, 6.07) is 0. The van der Waals surface area contributed by atoms with Crippen LogP contribution in [0.3, 0.4) is 0 Å². The highest BCUT2D eigenvalue weighted by Crippen LogP contribution is 2.23. The molecule has 0 aromatic carbocycles. The van der Waals surface area contributed by atoms with Crippen LogP contribution in [0, 0.1) is 11.8 Å². The molecule has 17 heavy (non-hydrogen) atoms. The van der Waals surface area contributed by atoms with Crippen LogP contribution in [0.1, 0.15) is 26.2 Å². The van der Waals surface area contributed by atoms with Gasteiger partial charge in [0.25, 0.3) is 0 Å². The van der Waals surface area contributed by atoms with Gasteiger partial charge in [-0.15, -0.1) is 0 Å². The van der Waals surface area contributed by atoms with E-state index in [2.05, 4.69) is 5.32 Å². The van der Waals surface area contributed by atoms with E-state index in [1.54, 1.807) is 4.90 Å². The molecule has 1 fully saturated rings. The highest BCUT2D eigenvalue weighted by Gasteiger charge is 2.32. The molecule has 5 heteroatoms. The molecule has 1 heterocycles. The molecule has 1 rings (SSSR count). The molecule has 0 aromatic rings. The molecule has 1 saturated heterocycles. The minimum absolute atomic E-state index is 0.0505. The maximum atomic E-state index is 11.8. The van der Waals surface area contributed by atoms with Crippen molar-refractivity contribution in [3.8, 4) is 0 Å². The minimum atomic E-state index is -0.736. The average molecular weight is 242 g/mol. The smallest absolute Gasteiger partial charge is 0.306 e. The first-order valence-electron chi connectivity index (χ1n) is 6.21. The summed E-state index contributed by atoms with van der Waals surface area (Å²) in [5.74, 6) is -0.832. The van der Waals surface area contributed by atoms with Crippen LogP contribution in [0.25, 0.3) is 0 Å². The molecule has 98 valence electrons. The van der Waals surface area contributed by atoms with E-state index in [9.17, 15) is 9.59 Å². The highest BCUT2D eigenvalue weighted by atomic mass is 16.4. The van der Waals surface area contributed by atoms with E-state index in [1.807, 2.05) is 14.0 Å². The molecule has 2 atom stereocenters. The number of carbonyl (C=O) groups is 2. The summed E-state index contributed by atoms with van der Waals surface area (Å²) < 4.78 is 0. The van der Waals surface area contributed by atoms with Crippen LogP contribution < -0.4 is 5.32 Å². The number of likely N-dealkylation sites (tertiary alicyclic amines) is 1. The Morgan fingerprint density at radius 1 is 1.47 bits per heavy atom. The third-order valence-corrected chi connectivity index (χ3v) is 3.39. The number of carboxylic acid groups (broad SMARTS) is 1. The van der Waals surface area contributed by atoms with Gasteiger partial charge in [-0.05, 0) is 32.4 Å². The summed E-state index contributed by atoms with van der Waals surface area (Å²) in [5.41, 5.74) is 0. The zero-order chi connectivity index (χ0) is 12.8. The van der Waals surface area contributed by atoms with Gasteiger partial charge in [0.15, 0.2) is 0 Å². The lowest BCUT2D eigenvalue weighted by Crippen LogP contribution is -2.45. The molecule has 1 aliphatic rings. The standard InChI is InChI=1S/C12H22N2O3/c1-9-8-14(7-5-10(9)12(16)17)11(15)4-3-6-13-2/h9-10,13H,3-8H2,1-2H3,(H,16,17). The Balaban J connectivity index is 2.38. The fourth-order valence-electron chi connectivity index (χ4n) is 2.31. The molecule has 0 saturated carbocycles. The number of amides is 1. The van der Waals surface area contributed by atoms with Crippen LogP contribution >= 0.6 is 0 Å². The van der Waals surface area contributed by atoms with Crippen LogP contribution in [0.2, 0.25) is 0 Å². The largest absolute Gasteiger partial charge is 0.481 e. The van der Waals surface area contributed by atoms with Gasteiger partial charge in [0.2, 0.25) is 5.91 Å². The van der Waals surface area contributed by atoms with Crippen molar-refractivity contribution >= 4 is 11.9 Å². The van der Waals surface area contributed by atoms with Gasteiger partial charge in [-0.25, -0.2) is 0 Å². The zero-order valence-electron chi connectivity index (χ0n) is 10.6. The fraction of sp³-hybridized carbons (Fsp3) is 0.833. The van der Waals surface area contributed by atoms with Crippen molar-refractivity contribution in [1.29, 1.82) is 0 Å². The van der Waals surface area contributed by atoms with E-state index >= 15 is 0 Å². The van der Waals surface area contributed by atoms with Crippen LogP contribution in [0.5, 0.6) is 0 Å². The molecular weight excluding hydrogens is 220 g/mol. The zero-order valence-corrected chi connectivity index (χ0v) is 10.6. The first kappa shape index (κ1) is 14.0. The molecule has 5 nitrogen and oxygen atoms in total. The number of carbonyl (C=O) groups excluding carboxylic acids is 1. The van der Waals surface area contributed by atoms with Gasteiger partial charge in [-0.1, -0.05) is 6.92 Å². The van der Waals surface area contributed by atoms with Crippen molar-refractivity contribution in [2.24, 2.45) is 11.8 Å². The van der Waals surface area contributed by atoms with E-state index in [0.717, 1.165) is 13.0 Å². The lowest BCUT2D eigenvalue weighted by Gasteiger charge is -2.35. The summed E-state index contributed by atoms with van der Waals surface area (Å²) in [5, 5.41) is 12.0. The number of rotatable bonds is 5. The SMILES string of the molecule is CNCCCC(=O)N1CCC(C(=O)O)C(C)C1. The second-order valence-corrected chi connectivity index (χ2v) is 4.76. The summed E-state index contributed by atoms with van der Waals surface area (Å²) in [6.45, 7) is 3.91. The van der Waals surface area contributed by atoms with Crippen molar-refractivity contribution in [1.82, 2.24) is 10.2 Å². The van der Waals surface area contributed by atoms with Gasteiger partial charge < -0.3 is 15.3 Å². The Bertz CT molecular complexity index is 281. The van der Waals surface area contributed by atoms with E-state index in [1.165, 1.54) is 0 Å². The maximum absolute atomic E-state index is 11.8. The quantitative estimate of drug-likeness (QED) is 0.691. The van der Waals surface area contributed by atoms with E-state index < -0.39 is 5.97 Å². The van der Waals surface area contributed by atoms with Crippen LogP contribution in [0.15, 0.2) is 0 Å². The van der Waals surface area contributed by atoms with Gasteiger partial charge >= 0.3 is 5.97 Å². The number of carboxylic acids is 1. The molecule has 2 N–H and O–H groups in total. The van der Waals surface area contributed by atoms with Gasteiger partial charge in [-0.2, -0.15) is 0 Å². The number of hydrogen-bond acceptors (Lipinski definition) is 3. The van der Waals surface area contributed by atoms with Gasteiger partial charge in [0.05, 0.1) is 5.92 Å². The van der Waals surface area contributed by atoms with Crippen molar-refractivity contribution in [2.45, 2.75) is 26.2 Å². The van der Waals surface area contributed by atoms with Crippen molar-refractivity contribution < 1.29 is 14.7 Å². The number of piperidine rings is 1. The second-order valence-electron chi connectivity index (χ2n) is 4.76. The van der Waals surface area contributed by atoms with Gasteiger partial charge in [0.1, 0.15) is 0 Å². The molecule has 2 unspecified atom stereocenters. The number of hydrogen-bond donors (Lipinski definition) is 2. The number of aliphatic carboxylic acids is 1. The topological polar surface area (TPSA) is 69.6 Å². The Morgan fingerprint density at radius 3 is 2.71 bits per heavy atom. The third kappa shape index (κ3) is 4.00. The molecule has 0 bridgehead atoms. The van der Waals surface area contributed by atoms with E-state index in [4.69, 9.17) is 5.11 Å². The van der Waals surface area contributed by atoms with Gasteiger partial charge in [0, 0.05) is 19.5 Å². The minimum Gasteiger partial charge on any atom is -0.481 e. The van der Waals surface area contributed by atoms with Crippen molar-refractivity contribution in [3.05, 3.63) is 0 Å². The van der Waals surface area contributed by atoms with Crippen molar-refractivity contribution in [2.75, 3.05) is 26.7 Å². The normalized spacial score (nSPS) is 24.7. The monoisotopic (exact) mass is 242 g/mol. The van der Waals surface area contributed by atoms with Crippen molar-refractivity contribution in [3.63, 3.8) is 0 Å². The first-order chi connectivity index (χ1) is 8.06. The summed E-state index contributed by atoms with van der Waals surface area (Å²) in [7, 11) is 1.87. The Hall–Kier alpha value is -1.10. The Morgan fingerprint density at radius 2 is 2.18 bits per heavy atom. The Labute approximate surface area is 102 Å². The molecule has 0 aromatic heterocycles. The molecule has 1 amide bonds. The summed E-state index contributed by atoms with van der Waals surface area (Å²) in [4.78, 5) is 24.6. The summed E-state index contributed by atoms with van der Waals surface area (Å²) >= 11 is 0. The molecule has 0 aliphatic carbocycles. The number of nitrogens with one attached hydrogen (secondary N) is 1. The first-order valence-corrected chi connectivity index (χ1v) is 6.21. The van der Waals surface area contributed by atoms with Crippen LogP contribution in [0.4, 0.5) is 0 Å². The predicted octanol–water partition coefficient (Wildman–Crippen LogP) is 0.555. The highest BCUT2D eigenvalue weighted by molar-refractivity contribution is 5.77. The Kier molecular flexibility index (Phi) is 5.41. The molecule has 1 aliphatic heterocycles.